The van der Waals surface area contributed by atoms with Crippen molar-refractivity contribution in [2.45, 2.75) is 24.3 Å². The number of rotatable bonds is 6. The summed E-state index contributed by atoms with van der Waals surface area (Å²) in [4.78, 5) is 25.2. The largest absolute Gasteiger partial charge is 0.334 e. The smallest absolute Gasteiger partial charge is 0.317 e. The molecule has 2 N–H and O–H groups in total. The van der Waals surface area contributed by atoms with Crippen LogP contribution in [0.4, 0.5) is 19.3 Å². The number of hydrogen-bond donors (Lipinski definition) is 2. The summed E-state index contributed by atoms with van der Waals surface area (Å²) in [7, 11) is -4.21. The van der Waals surface area contributed by atoms with Crippen molar-refractivity contribution in [2.24, 2.45) is 5.92 Å². The van der Waals surface area contributed by atoms with Crippen molar-refractivity contribution in [3.63, 3.8) is 0 Å². The lowest BCUT2D eigenvalue weighted by molar-refractivity contribution is -0.117. The van der Waals surface area contributed by atoms with Crippen molar-refractivity contribution >= 4 is 27.6 Å². The van der Waals surface area contributed by atoms with E-state index in [1.165, 1.54) is 4.90 Å². The number of sulfonamides is 1. The monoisotopic (exact) mass is 478 g/mol. The van der Waals surface area contributed by atoms with Gasteiger partial charge in [-0.15, -0.1) is 0 Å². The second kappa shape index (κ2) is 9.44. The van der Waals surface area contributed by atoms with Gasteiger partial charge >= 0.3 is 6.03 Å². The van der Waals surface area contributed by atoms with E-state index in [4.69, 9.17) is 0 Å². The zero-order chi connectivity index (χ0) is 23.6. The SMILES string of the molecule is O=C(Nc1cccc(CNC(=O)N2CCN(S(=O)(=O)c3cc(F)ccc3F)CC2)c1)C1CC1. The highest BCUT2D eigenvalue weighted by Gasteiger charge is 2.32. The zero-order valence-electron chi connectivity index (χ0n) is 17.8. The number of carbonyl (C=O) groups is 2. The minimum atomic E-state index is -4.21. The van der Waals surface area contributed by atoms with Gasteiger partial charge in [0.25, 0.3) is 0 Å². The minimum absolute atomic E-state index is 0.00197. The van der Waals surface area contributed by atoms with E-state index in [0.29, 0.717) is 11.8 Å². The summed E-state index contributed by atoms with van der Waals surface area (Å²) in [6.45, 7) is 0.390. The molecule has 8 nitrogen and oxygen atoms in total. The summed E-state index contributed by atoms with van der Waals surface area (Å²) in [5.74, 6) is -1.77. The quantitative estimate of drug-likeness (QED) is 0.667. The average molecular weight is 479 g/mol. The Morgan fingerprint density at radius 1 is 1.00 bits per heavy atom. The summed E-state index contributed by atoms with van der Waals surface area (Å²) in [5.41, 5.74) is 1.47. The Balaban J connectivity index is 1.30. The maximum Gasteiger partial charge on any atom is 0.317 e. The number of nitrogens with zero attached hydrogens (tertiary/aromatic N) is 2. The first-order chi connectivity index (χ1) is 15.7. The molecule has 0 spiro atoms. The van der Waals surface area contributed by atoms with Gasteiger partial charge in [-0.25, -0.2) is 22.0 Å². The van der Waals surface area contributed by atoms with Crippen LogP contribution in [0.3, 0.4) is 0 Å². The topological polar surface area (TPSA) is 98.8 Å². The first-order valence-corrected chi connectivity index (χ1v) is 12.1. The molecular weight excluding hydrogens is 454 g/mol. The number of nitrogens with one attached hydrogen (secondary N) is 2. The van der Waals surface area contributed by atoms with E-state index in [9.17, 15) is 26.8 Å². The van der Waals surface area contributed by atoms with Gasteiger partial charge in [0.15, 0.2) is 0 Å². The lowest BCUT2D eigenvalue weighted by Crippen LogP contribution is -2.53. The van der Waals surface area contributed by atoms with E-state index in [-0.39, 0.29) is 50.6 Å². The maximum absolute atomic E-state index is 14.0. The summed E-state index contributed by atoms with van der Waals surface area (Å²) in [6, 6.07) is 9.11. The normalized spacial score (nSPS) is 17.0. The fourth-order valence-electron chi connectivity index (χ4n) is 3.58. The van der Waals surface area contributed by atoms with Crippen molar-refractivity contribution in [1.29, 1.82) is 0 Å². The molecule has 11 heteroatoms. The first kappa shape index (κ1) is 23.1. The molecule has 0 aromatic heterocycles. The molecule has 0 radical (unpaired) electrons. The molecule has 0 bridgehead atoms. The standard InChI is InChI=1S/C22H24F2N4O4S/c23-17-6-7-19(24)20(13-17)33(31,32)28-10-8-27(9-11-28)22(30)25-14-15-2-1-3-18(12-15)26-21(29)16-4-5-16/h1-3,6-7,12-13,16H,4-5,8-11,14H2,(H,25,30)(H,26,29). The van der Waals surface area contributed by atoms with Gasteiger partial charge in [0.05, 0.1) is 0 Å². The molecule has 2 aromatic carbocycles. The van der Waals surface area contributed by atoms with Crippen LogP contribution < -0.4 is 10.6 Å². The molecular formula is C22H24F2N4O4S. The van der Waals surface area contributed by atoms with E-state index >= 15 is 0 Å². The number of anilines is 1. The summed E-state index contributed by atoms with van der Waals surface area (Å²) in [6.07, 6.45) is 1.82. The highest BCUT2D eigenvalue weighted by molar-refractivity contribution is 7.89. The van der Waals surface area contributed by atoms with Crippen molar-refractivity contribution < 1.29 is 26.8 Å². The third-order valence-corrected chi connectivity index (χ3v) is 7.54. The van der Waals surface area contributed by atoms with Gasteiger partial charge in [-0.2, -0.15) is 4.31 Å². The Morgan fingerprint density at radius 2 is 1.73 bits per heavy atom. The van der Waals surface area contributed by atoms with Gasteiger partial charge in [0, 0.05) is 44.3 Å². The molecule has 176 valence electrons. The van der Waals surface area contributed by atoms with E-state index in [0.717, 1.165) is 34.8 Å². The number of piperazine rings is 1. The fourth-order valence-corrected chi connectivity index (χ4v) is 5.08. The Bertz CT molecular complexity index is 1160. The van der Waals surface area contributed by atoms with Crippen LogP contribution >= 0.6 is 0 Å². The van der Waals surface area contributed by atoms with Crippen LogP contribution in [0, 0.1) is 17.6 Å². The molecule has 1 saturated carbocycles. The van der Waals surface area contributed by atoms with Crippen molar-refractivity contribution in [3.05, 3.63) is 59.7 Å². The van der Waals surface area contributed by atoms with Crippen molar-refractivity contribution in [3.8, 4) is 0 Å². The van der Waals surface area contributed by atoms with E-state index in [2.05, 4.69) is 10.6 Å². The molecule has 0 atom stereocenters. The Hall–Kier alpha value is -3.05. The van der Waals surface area contributed by atoms with Crippen molar-refractivity contribution in [1.82, 2.24) is 14.5 Å². The van der Waals surface area contributed by atoms with Crippen LogP contribution in [0.1, 0.15) is 18.4 Å². The third-order valence-electron chi connectivity index (χ3n) is 5.62. The van der Waals surface area contributed by atoms with Gasteiger partial charge in [-0.3, -0.25) is 4.79 Å². The zero-order valence-corrected chi connectivity index (χ0v) is 18.6. The predicted octanol–water partition coefficient (Wildman–Crippen LogP) is 2.53. The number of halogens is 2. The molecule has 1 saturated heterocycles. The predicted molar refractivity (Wildman–Crippen MR) is 117 cm³/mol. The summed E-state index contributed by atoms with van der Waals surface area (Å²) < 4.78 is 53.8. The maximum atomic E-state index is 14.0. The molecule has 2 aromatic rings. The lowest BCUT2D eigenvalue weighted by atomic mass is 10.2. The number of amides is 3. The molecule has 1 aliphatic heterocycles. The number of carbonyl (C=O) groups excluding carboxylic acids is 2. The van der Waals surface area contributed by atoms with E-state index in [1.807, 2.05) is 6.07 Å². The van der Waals surface area contributed by atoms with Gasteiger partial charge in [0.2, 0.25) is 15.9 Å². The van der Waals surface area contributed by atoms with Crippen LogP contribution in [0.15, 0.2) is 47.4 Å². The van der Waals surface area contributed by atoms with Crippen LogP contribution in [-0.4, -0.2) is 55.7 Å². The fraction of sp³-hybridized carbons (Fsp3) is 0.364. The molecule has 4 rings (SSSR count). The van der Waals surface area contributed by atoms with E-state index in [1.54, 1.807) is 18.2 Å². The van der Waals surface area contributed by atoms with E-state index < -0.39 is 26.6 Å². The molecule has 2 aliphatic rings. The highest BCUT2D eigenvalue weighted by atomic mass is 32.2. The van der Waals surface area contributed by atoms with Crippen LogP contribution in [0.5, 0.6) is 0 Å². The second-order valence-corrected chi connectivity index (χ2v) is 9.99. The lowest BCUT2D eigenvalue weighted by Gasteiger charge is -2.34. The molecule has 33 heavy (non-hydrogen) atoms. The van der Waals surface area contributed by atoms with Gasteiger partial charge < -0.3 is 15.5 Å². The van der Waals surface area contributed by atoms with Gasteiger partial charge in [0.1, 0.15) is 16.5 Å². The van der Waals surface area contributed by atoms with Gasteiger partial charge in [-0.05, 0) is 48.7 Å². The third kappa shape index (κ3) is 5.48. The Labute approximate surface area is 190 Å². The highest BCUT2D eigenvalue weighted by Crippen LogP contribution is 2.30. The number of urea groups is 1. The van der Waals surface area contributed by atoms with Crippen molar-refractivity contribution in [2.75, 3.05) is 31.5 Å². The van der Waals surface area contributed by atoms with Gasteiger partial charge in [-0.1, -0.05) is 12.1 Å². The Morgan fingerprint density at radius 3 is 2.42 bits per heavy atom. The summed E-state index contributed by atoms with van der Waals surface area (Å²) in [5, 5.41) is 5.64. The Kier molecular flexibility index (Phi) is 6.61. The number of benzene rings is 2. The molecule has 2 fully saturated rings. The summed E-state index contributed by atoms with van der Waals surface area (Å²) >= 11 is 0. The van der Waals surface area contributed by atoms with Crippen LogP contribution in [0.25, 0.3) is 0 Å². The minimum Gasteiger partial charge on any atom is -0.334 e. The molecule has 3 amide bonds. The molecule has 1 heterocycles. The number of hydrogen-bond acceptors (Lipinski definition) is 4. The first-order valence-electron chi connectivity index (χ1n) is 10.6. The average Bonchev–Trinajstić information content (AvgIpc) is 3.65. The second-order valence-electron chi connectivity index (χ2n) is 8.09. The molecule has 0 unspecified atom stereocenters. The van der Waals surface area contributed by atoms with Crippen LogP contribution in [-0.2, 0) is 21.4 Å². The van der Waals surface area contributed by atoms with Crippen LogP contribution in [0.2, 0.25) is 0 Å². The molecule has 1 aliphatic carbocycles.